The van der Waals surface area contributed by atoms with E-state index in [1.54, 1.807) is 18.2 Å². The van der Waals surface area contributed by atoms with Gasteiger partial charge in [0, 0.05) is 24.7 Å². The van der Waals surface area contributed by atoms with Crippen LogP contribution in [-0.2, 0) is 11.2 Å². The topological polar surface area (TPSA) is 88.4 Å². The number of nitro benzene ring substituents is 1. The van der Waals surface area contributed by atoms with Crippen molar-refractivity contribution in [2.24, 2.45) is 0 Å². The summed E-state index contributed by atoms with van der Waals surface area (Å²) >= 11 is 0. The van der Waals surface area contributed by atoms with Crippen LogP contribution >= 0.6 is 0 Å². The number of hydrogen-bond donors (Lipinski definition) is 1. The summed E-state index contributed by atoms with van der Waals surface area (Å²) in [6, 6.07) is 10.0. The number of rotatable bonds is 5. The molecule has 1 saturated heterocycles. The standard InChI is InChI=1S/C18H20N4O3/c1-13-15(8-9-17(19-13)21-10-4-5-11-21)20-18(23)12-14-6-2-3-7-16(14)22(24)25/h2-3,6-9H,4-5,10-12H2,1H3,(H,20,23). The number of aryl methyl sites for hydroxylation is 1. The fourth-order valence-electron chi connectivity index (χ4n) is 3.01. The first-order valence-electron chi connectivity index (χ1n) is 8.29. The number of nitrogens with one attached hydrogen (secondary N) is 1. The molecule has 7 nitrogen and oxygen atoms in total. The summed E-state index contributed by atoms with van der Waals surface area (Å²) in [6.45, 7) is 3.87. The van der Waals surface area contributed by atoms with Gasteiger partial charge in [0.2, 0.25) is 5.91 Å². The molecule has 0 saturated carbocycles. The van der Waals surface area contributed by atoms with Crippen LogP contribution in [0.5, 0.6) is 0 Å². The molecule has 0 radical (unpaired) electrons. The van der Waals surface area contributed by atoms with Crippen molar-refractivity contribution in [2.75, 3.05) is 23.3 Å². The second kappa shape index (κ2) is 7.29. The minimum atomic E-state index is -0.472. The van der Waals surface area contributed by atoms with Crippen LogP contribution in [0.2, 0.25) is 0 Å². The number of nitro groups is 1. The van der Waals surface area contributed by atoms with Crippen molar-refractivity contribution in [3.63, 3.8) is 0 Å². The quantitative estimate of drug-likeness (QED) is 0.667. The van der Waals surface area contributed by atoms with Gasteiger partial charge in [-0.2, -0.15) is 0 Å². The Bertz CT molecular complexity index is 801. The lowest BCUT2D eigenvalue weighted by molar-refractivity contribution is -0.385. The highest BCUT2D eigenvalue weighted by atomic mass is 16.6. The monoisotopic (exact) mass is 340 g/mol. The van der Waals surface area contributed by atoms with E-state index in [-0.39, 0.29) is 18.0 Å². The summed E-state index contributed by atoms with van der Waals surface area (Å²) in [7, 11) is 0. The van der Waals surface area contributed by atoms with E-state index in [0.29, 0.717) is 11.3 Å². The lowest BCUT2D eigenvalue weighted by Crippen LogP contribution is -2.20. The van der Waals surface area contributed by atoms with Gasteiger partial charge in [-0.15, -0.1) is 0 Å². The Morgan fingerprint density at radius 1 is 1.24 bits per heavy atom. The van der Waals surface area contributed by atoms with E-state index in [1.807, 2.05) is 19.1 Å². The van der Waals surface area contributed by atoms with Crippen molar-refractivity contribution in [1.82, 2.24) is 4.98 Å². The molecule has 0 bridgehead atoms. The fraction of sp³-hybridized carbons (Fsp3) is 0.333. The molecule has 1 amide bonds. The molecule has 7 heteroatoms. The lowest BCUT2D eigenvalue weighted by Gasteiger charge is -2.18. The Morgan fingerprint density at radius 2 is 1.96 bits per heavy atom. The average molecular weight is 340 g/mol. The SMILES string of the molecule is Cc1nc(N2CCCC2)ccc1NC(=O)Cc1ccccc1[N+](=O)[O-]. The number of benzene rings is 1. The van der Waals surface area contributed by atoms with Crippen molar-refractivity contribution in [2.45, 2.75) is 26.2 Å². The smallest absolute Gasteiger partial charge is 0.273 e. The molecule has 130 valence electrons. The second-order valence-electron chi connectivity index (χ2n) is 6.11. The molecule has 1 N–H and O–H groups in total. The maximum absolute atomic E-state index is 12.3. The first kappa shape index (κ1) is 16.9. The molecule has 2 aromatic rings. The van der Waals surface area contributed by atoms with Crippen LogP contribution < -0.4 is 10.2 Å². The molecule has 3 rings (SSSR count). The molecule has 0 atom stereocenters. The van der Waals surface area contributed by atoms with Crippen LogP contribution in [0.3, 0.4) is 0 Å². The molecule has 2 heterocycles. The Labute approximate surface area is 145 Å². The summed E-state index contributed by atoms with van der Waals surface area (Å²) in [5, 5.41) is 13.8. The number of anilines is 2. The summed E-state index contributed by atoms with van der Waals surface area (Å²) in [5.41, 5.74) is 1.72. The van der Waals surface area contributed by atoms with E-state index in [2.05, 4.69) is 15.2 Å². The second-order valence-corrected chi connectivity index (χ2v) is 6.11. The first-order valence-corrected chi connectivity index (χ1v) is 8.29. The molecule has 1 aliphatic heterocycles. The lowest BCUT2D eigenvalue weighted by atomic mass is 10.1. The van der Waals surface area contributed by atoms with E-state index in [9.17, 15) is 14.9 Å². The summed E-state index contributed by atoms with van der Waals surface area (Å²) in [4.78, 5) is 29.6. The summed E-state index contributed by atoms with van der Waals surface area (Å²) in [5.74, 6) is 0.625. The Kier molecular flexibility index (Phi) is 4.92. The Morgan fingerprint density at radius 3 is 2.64 bits per heavy atom. The molecule has 0 spiro atoms. The van der Waals surface area contributed by atoms with Gasteiger partial charge < -0.3 is 10.2 Å². The number of pyridine rings is 1. The van der Waals surface area contributed by atoms with Crippen LogP contribution in [-0.4, -0.2) is 28.9 Å². The zero-order valence-electron chi connectivity index (χ0n) is 14.1. The molecule has 1 aliphatic rings. The largest absolute Gasteiger partial charge is 0.357 e. The number of nitrogens with zero attached hydrogens (tertiary/aromatic N) is 3. The minimum Gasteiger partial charge on any atom is -0.357 e. The van der Waals surface area contributed by atoms with Gasteiger partial charge in [-0.25, -0.2) is 4.98 Å². The molecule has 25 heavy (non-hydrogen) atoms. The molecular formula is C18H20N4O3. The highest BCUT2D eigenvalue weighted by Gasteiger charge is 2.17. The van der Waals surface area contributed by atoms with Crippen LogP contribution in [0.15, 0.2) is 36.4 Å². The zero-order valence-corrected chi connectivity index (χ0v) is 14.1. The van der Waals surface area contributed by atoms with E-state index in [0.717, 1.165) is 24.6 Å². The van der Waals surface area contributed by atoms with Gasteiger partial charge in [0.05, 0.1) is 22.7 Å². The van der Waals surface area contributed by atoms with E-state index in [4.69, 9.17) is 0 Å². The predicted octanol–water partition coefficient (Wildman–Crippen LogP) is 3.08. The van der Waals surface area contributed by atoms with Gasteiger partial charge in [0.1, 0.15) is 5.82 Å². The third kappa shape index (κ3) is 3.93. The minimum absolute atomic E-state index is 0.0446. The van der Waals surface area contributed by atoms with Crippen molar-refractivity contribution < 1.29 is 9.72 Å². The van der Waals surface area contributed by atoms with Gasteiger partial charge in [-0.05, 0) is 31.9 Å². The van der Waals surface area contributed by atoms with E-state index < -0.39 is 4.92 Å². The predicted molar refractivity (Wildman–Crippen MR) is 95.9 cm³/mol. The van der Waals surface area contributed by atoms with Crippen molar-refractivity contribution in [3.8, 4) is 0 Å². The van der Waals surface area contributed by atoms with Crippen LogP contribution in [0.25, 0.3) is 0 Å². The average Bonchev–Trinajstić information content (AvgIpc) is 3.11. The van der Waals surface area contributed by atoms with Gasteiger partial charge in [-0.1, -0.05) is 18.2 Å². The molecular weight excluding hydrogens is 320 g/mol. The third-order valence-corrected chi connectivity index (χ3v) is 4.31. The van der Waals surface area contributed by atoms with E-state index in [1.165, 1.54) is 18.9 Å². The number of aromatic nitrogens is 1. The maximum atomic E-state index is 12.3. The number of carbonyl (C=O) groups excluding carboxylic acids is 1. The molecule has 1 fully saturated rings. The van der Waals surface area contributed by atoms with Crippen LogP contribution in [0.4, 0.5) is 17.2 Å². The van der Waals surface area contributed by atoms with Gasteiger partial charge in [-0.3, -0.25) is 14.9 Å². The fourth-order valence-corrected chi connectivity index (χ4v) is 3.01. The third-order valence-electron chi connectivity index (χ3n) is 4.31. The zero-order chi connectivity index (χ0) is 17.8. The summed E-state index contributed by atoms with van der Waals surface area (Å²) in [6.07, 6.45) is 2.30. The number of carbonyl (C=O) groups is 1. The number of amides is 1. The number of hydrogen-bond acceptors (Lipinski definition) is 5. The normalized spacial score (nSPS) is 13.7. The molecule has 1 aromatic carbocycles. The van der Waals surface area contributed by atoms with Crippen molar-refractivity contribution >= 4 is 23.1 Å². The molecule has 1 aromatic heterocycles. The number of para-hydroxylation sites is 1. The van der Waals surface area contributed by atoms with Crippen LogP contribution in [0, 0.1) is 17.0 Å². The van der Waals surface area contributed by atoms with E-state index >= 15 is 0 Å². The van der Waals surface area contributed by atoms with Crippen molar-refractivity contribution in [1.29, 1.82) is 0 Å². The highest BCUT2D eigenvalue weighted by Crippen LogP contribution is 2.23. The van der Waals surface area contributed by atoms with Crippen molar-refractivity contribution in [3.05, 3.63) is 57.8 Å². The Hall–Kier alpha value is -2.96. The molecule has 0 unspecified atom stereocenters. The molecule has 0 aliphatic carbocycles. The van der Waals surface area contributed by atoms with Gasteiger partial charge >= 0.3 is 0 Å². The van der Waals surface area contributed by atoms with Gasteiger partial charge in [0.25, 0.3) is 5.69 Å². The van der Waals surface area contributed by atoms with Crippen LogP contribution in [0.1, 0.15) is 24.1 Å². The maximum Gasteiger partial charge on any atom is 0.273 e. The first-order chi connectivity index (χ1) is 12.0. The van der Waals surface area contributed by atoms with Gasteiger partial charge in [0.15, 0.2) is 0 Å². The Balaban J connectivity index is 1.70. The summed E-state index contributed by atoms with van der Waals surface area (Å²) < 4.78 is 0. The highest BCUT2D eigenvalue weighted by molar-refractivity contribution is 5.93.